The van der Waals surface area contributed by atoms with Gasteiger partial charge in [-0.2, -0.15) is 5.26 Å². The van der Waals surface area contributed by atoms with E-state index >= 15 is 0 Å². The van der Waals surface area contributed by atoms with Gasteiger partial charge in [0.2, 0.25) is 5.91 Å². The van der Waals surface area contributed by atoms with Crippen LogP contribution in [0.5, 0.6) is 5.75 Å². The maximum atomic E-state index is 12.0. The summed E-state index contributed by atoms with van der Waals surface area (Å²) in [5.74, 6) is 0.578. The Morgan fingerprint density at radius 2 is 2.10 bits per heavy atom. The smallest absolute Gasteiger partial charge is 0.240 e. The molecule has 0 aliphatic rings. The Labute approximate surface area is 120 Å². The van der Waals surface area contributed by atoms with Gasteiger partial charge in [0.15, 0.2) is 0 Å². The van der Waals surface area contributed by atoms with E-state index in [0.29, 0.717) is 26.0 Å². The number of hydrogen-bond donors (Lipinski definition) is 1. The van der Waals surface area contributed by atoms with Crippen LogP contribution < -0.4 is 10.1 Å². The molecule has 108 valence electrons. The molecule has 20 heavy (non-hydrogen) atoms. The van der Waals surface area contributed by atoms with Gasteiger partial charge in [-0.15, -0.1) is 0 Å². The van der Waals surface area contributed by atoms with E-state index in [1.807, 2.05) is 45.0 Å². The molecule has 0 aliphatic heterocycles. The van der Waals surface area contributed by atoms with E-state index in [1.165, 1.54) is 0 Å². The predicted molar refractivity (Wildman–Crippen MR) is 78.3 cm³/mol. The van der Waals surface area contributed by atoms with Gasteiger partial charge in [-0.25, -0.2) is 0 Å². The zero-order chi connectivity index (χ0) is 15.0. The lowest BCUT2D eigenvalue weighted by Crippen LogP contribution is -2.41. The number of nitriles is 1. The zero-order valence-electron chi connectivity index (χ0n) is 12.4. The van der Waals surface area contributed by atoms with Gasteiger partial charge in [0, 0.05) is 0 Å². The van der Waals surface area contributed by atoms with Crippen molar-refractivity contribution in [2.45, 2.75) is 33.6 Å². The second-order valence-corrected chi connectivity index (χ2v) is 4.82. The molecular formula is C16H22N2O2. The van der Waals surface area contributed by atoms with Crippen LogP contribution in [-0.2, 0) is 4.79 Å². The molecule has 0 radical (unpaired) electrons. The van der Waals surface area contributed by atoms with Gasteiger partial charge >= 0.3 is 0 Å². The third kappa shape index (κ3) is 3.99. The fourth-order valence-electron chi connectivity index (χ4n) is 1.99. The Balaban J connectivity index is 2.41. The SMILES string of the molecule is CCC(C#N)(CC)C(=O)NCCOc1cccc(C)c1. The van der Waals surface area contributed by atoms with E-state index in [0.717, 1.165) is 11.3 Å². The molecule has 4 heteroatoms. The van der Waals surface area contributed by atoms with Crippen molar-refractivity contribution in [1.82, 2.24) is 5.32 Å². The van der Waals surface area contributed by atoms with Gasteiger partial charge in [-0.3, -0.25) is 4.79 Å². The lowest BCUT2D eigenvalue weighted by Gasteiger charge is -2.22. The molecule has 0 fully saturated rings. The Kier molecular flexibility index (Phi) is 6.05. The Morgan fingerprint density at radius 3 is 2.65 bits per heavy atom. The molecule has 0 spiro atoms. The fraction of sp³-hybridized carbons (Fsp3) is 0.500. The van der Waals surface area contributed by atoms with Crippen LogP contribution in [0.15, 0.2) is 24.3 Å². The van der Waals surface area contributed by atoms with E-state index in [-0.39, 0.29) is 5.91 Å². The summed E-state index contributed by atoms with van der Waals surface area (Å²) in [4.78, 5) is 12.0. The number of carbonyl (C=O) groups excluding carboxylic acids is 1. The van der Waals surface area contributed by atoms with E-state index < -0.39 is 5.41 Å². The van der Waals surface area contributed by atoms with E-state index in [1.54, 1.807) is 0 Å². The van der Waals surface area contributed by atoms with Crippen LogP contribution in [0.25, 0.3) is 0 Å². The van der Waals surface area contributed by atoms with Crippen molar-refractivity contribution in [3.63, 3.8) is 0 Å². The summed E-state index contributed by atoms with van der Waals surface area (Å²) in [7, 11) is 0. The molecule has 0 bridgehead atoms. The predicted octanol–water partition coefficient (Wildman–Crippen LogP) is 2.82. The summed E-state index contributed by atoms with van der Waals surface area (Å²) in [5, 5.41) is 11.9. The van der Waals surface area contributed by atoms with Crippen molar-refractivity contribution in [2.75, 3.05) is 13.2 Å². The van der Waals surface area contributed by atoms with Crippen molar-refractivity contribution in [3.8, 4) is 11.8 Å². The number of amides is 1. The van der Waals surface area contributed by atoms with Crippen molar-refractivity contribution < 1.29 is 9.53 Å². The van der Waals surface area contributed by atoms with Crippen LogP contribution in [0.4, 0.5) is 0 Å². The highest BCUT2D eigenvalue weighted by molar-refractivity contribution is 5.85. The maximum Gasteiger partial charge on any atom is 0.240 e. The normalized spacial score (nSPS) is 10.7. The molecule has 0 heterocycles. The number of carbonyl (C=O) groups is 1. The summed E-state index contributed by atoms with van der Waals surface area (Å²) < 4.78 is 5.55. The number of nitrogens with one attached hydrogen (secondary N) is 1. The average molecular weight is 274 g/mol. The number of ether oxygens (including phenoxy) is 1. The summed E-state index contributed by atoms with van der Waals surface area (Å²) in [6.07, 6.45) is 1.04. The van der Waals surface area contributed by atoms with E-state index in [4.69, 9.17) is 10.00 Å². The molecule has 1 N–H and O–H groups in total. The first-order valence-electron chi connectivity index (χ1n) is 6.97. The molecule has 1 amide bonds. The zero-order valence-corrected chi connectivity index (χ0v) is 12.4. The maximum absolute atomic E-state index is 12.0. The van der Waals surface area contributed by atoms with E-state index in [9.17, 15) is 4.79 Å². The van der Waals surface area contributed by atoms with Crippen LogP contribution in [0.2, 0.25) is 0 Å². The Morgan fingerprint density at radius 1 is 1.40 bits per heavy atom. The molecule has 0 saturated carbocycles. The second kappa shape index (κ2) is 7.54. The second-order valence-electron chi connectivity index (χ2n) is 4.82. The quantitative estimate of drug-likeness (QED) is 0.778. The van der Waals surface area contributed by atoms with Crippen molar-refractivity contribution in [2.24, 2.45) is 5.41 Å². The van der Waals surface area contributed by atoms with Gasteiger partial charge in [0.1, 0.15) is 17.8 Å². The molecule has 0 atom stereocenters. The first kappa shape index (κ1) is 16.0. The van der Waals surface area contributed by atoms with Gasteiger partial charge in [-0.1, -0.05) is 26.0 Å². The Hall–Kier alpha value is -2.02. The summed E-state index contributed by atoms with van der Waals surface area (Å²) in [6.45, 7) is 6.50. The average Bonchev–Trinajstić information content (AvgIpc) is 2.46. The van der Waals surface area contributed by atoms with Gasteiger partial charge in [-0.05, 0) is 37.5 Å². The molecule has 1 aromatic carbocycles. The fourth-order valence-corrected chi connectivity index (χ4v) is 1.99. The van der Waals surface area contributed by atoms with Gasteiger partial charge in [0.05, 0.1) is 12.6 Å². The van der Waals surface area contributed by atoms with Crippen molar-refractivity contribution in [3.05, 3.63) is 29.8 Å². The summed E-state index contributed by atoms with van der Waals surface area (Å²) in [5.41, 5.74) is 0.218. The Bertz CT molecular complexity index is 487. The molecule has 1 aromatic rings. The lowest BCUT2D eigenvalue weighted by atomic mass is 9.83. The van der Waals surface area contributed by atoms with Crippen molar-refractivity contribution >= 4 is 5.91 Å². The summed E-state index contributed by atoms with van der Waals surface area (Å²) in [6, 6.07) is 9.88. The van der Waals surface area contributed by atoms with Gasteiger partial charge < -0.3 is 10.1 Å². The van der Waals surface area contributed by atoms with Crippen LogP contribution in [-0.4, -0.2) is 19.1 Å². The number of nitrogens with zero attached hydrogens (tertiary/aromatic N) is 1. The number of rotatable bonds is 7. The molecule has 1 rings (SSSR count). The standard InChI is InChI=1S/C16H22N2O2/c1-4-16(5-2,12-17)15(19)18-9-10-20-14-8-6-7-13(3)11-14/h6-8,11H,4-5,9-10H2,1-3H3,(H,18,19). The molecule has 0 aromatic heterocycles. The number of benzene rings is 1. The third-order valence-corrected chi connectivity index (χ3v) is 3.50. The largest absolute Gasteiger partial charge is 0.492 e. The minimum absolute atomic E-state index is 0.210. The molecule has 0 saturated heterocycles. The van der Waals surface area contributed by atoms with Crippen LogP contribution in [0.3, 0.4) is 0 Å². The molecule has 0 aliphatic carbocycles. The highest BCUT2D eigenvalue weighted by atomic mass is 16.5. The first-order chi connectivity index (χ1) is 9.57. The third-order valence-electron chi connectivity index (χ3n) is 3.50. The number of hydrogen-bond acceptors (Lipinski definition) is 3. The molecule has 0 unspecified atom stereocenters. The molecular weight excluding hydrogens is 252 g/mol. The highest BCUT2D eigenvalue weighted by Crippen LogP contribution is 2.25. The lowest BCUT2D eigenvalue weighted by molar-refractivity contribution is -0.128. The minimum atomic E-state index is -0.913. The van der Waals surface area contributed by atoms with Crippen LogP contribution in [0.1, 0.15) is 32.3 Å². The topological polar surface area (TPSA) is 62.1 Å². The monoisotopic (exact) mass is 274 g/mol. The van der Waals surface area contributed by atoms with Crippen LogP contribution in [0, 0.1) is 23.7 Å². The van der Waals surface area contributed by atoms with Gasteiger partial charge in [0.25, 0.3) is 0 Å². The minimum Gasteiger partial charge on any atom is -0.492 e. The van der Waals surface area contributed by atoms with Crippen molar-refractivity contribution in [1.29, 1.82) is 5.26 Å². The first-order valence-corrected chi connectivity index (χ1v) is 6.97. The molecule has 4 nitrogen and oxygen atoms in total. The summed E-state index contributed by atoms with van der Waals surface area (Å²) >= 11 is 0. The van der Waals surface area contributed by atoms with Crippen LogP contribution >= 0.6 is 0 Å². The number of aryl methyl sites for hydroxylation is 1. The van der Waals surface area contributed by atoms with E-state index in [2.05, 4.69) is 11.4 Å². The highest BCUT2D eigenvalue weighted by Gasteiger charge is 2.34.